The molecule has 0 amide bonds. The van der Waals surface area contributed by atoms with E-state index in [1.54, 1.807) is 31.6 Å². The fraction of sp³-hybridized carbons (Fsp3) is 0.269. The Kier molecular flexibility index (Phi) is 7.14. The summed E-state index contributed by atoms with van der Waals surface area (Å²) in [5.41, 5.74) is 3.83. The van der Waals surface area contributed by atoms with Crippen LogP contribution in [0.15, 0.2) is 64.1 Å². The van der Waals surface area contributed by atoms with Crippen molar-refractivity contribution in [3.8, 4) is 28.3 Å². The Balaban J connectivity index is 1.54. The largest absolute Gasteiger partial charge is 0.492 e. The number of pyridine rings is 2. The van der Waals surface area contributed by atoms with E-state index in [0.29, 0.717) is 41.1 Å². The lowest BCUT2D eigenvalue weighted by atomic mass is 10.1. The maximum atomic E-state index is 12.6. The molecule has 8 heteroatoms. The maximum absolute atomic E-state index is 12.6. The van der Waals surface area contributed by atoms with Gasteiger partial charge in [-0.25, -0.2) is 4.98 Å². The van der Waals surface area contributed by atoms with Crippen LogP contribution in [0.25, 0.3) is 22.6 Å². The Morgan fingerprint density at radius 1 is 1.12 bits per heavy atom. The lowest BCUT2D eigenvalue weighted by Crippen LogP contribution is -2.19. The normalized spacial score (nSPS) is 11.2. The van der Waals surface area contributed by atoms with E-state index in [1.807, 2.05) is 44.4 Å². The zero-order chi connectivity index (χ0) is 24.2. The first kappa shape index (κ1) is 23.7. The van der Waals surface area contributed by atoms with Crippen LogP contribution in [0.1, 0.15) is 17.0 Å². The molecule has 0 aliphatic rings. The summed E-state index contributed by atoms with van der Waals surface area (Å²) in [6.45, 7) is 3.53. The summed E-state index contributed by atoms with van der Waals surface area (Å²) < 4.78 is 13.3. The number of halogens is 1. The topological polar surface area (TPSA) is 73.4 Å². The summed E-state index contributed by atoms with van der Waals surface area (Å²) in [4.78, 5) is 23.5. The zero-order valence-electron chi connectivity index (χ0n) is 19.7. The number of ether oxygens (including phenoxy) is 1. The third-order valence-electron chi connectivity index (χ3n) is 5.59. The van der Waals surface area contributed by atoms with Gasteiger partial charge in [0.1, 0.15) is 17.5 Å². The molecule has 0 aliphatic carbocycles. The molecule has 34 heavy (non-hydrogen) atoms. The lowest BCUT2D eigenvalue weighted by Gasteiger charge is -2.12. The van der Waals surface area contributed by atoms with Crippen molar-refractivity contribution in [3.05, 3.63) is 87.4 Å². The molecular formula is C26H27ClN4O3. The molecule has 4 rings (SSSR count). The maximum Gasteiger partial charge on any atom is 0.260 e. The molecule has 4 aromatic rings. The SMILES string of the molecule is Cc1ccc(OCCN(C)C)cc1Cc1ncc(-c2ccnc(-c3ccc(Cl)n(C)c3=O)c2)o1. The average Bonchev–Trinajstić information content (AvgIpc) is 3.28. The van der Waals surface area contributed by atoms with Gasteiger partial charge in [-0.05, 0) is 68.5 Å². The van der Waals surface area contributed by atoms with Crippen LogP contribution in [0.2, 0.25) is 5.15 Å². The van der Waals surface area contributed by atoms with Crippen LogP contribution >= 0.6 is 11.6 Å². The highest BCUT2D eigenvalue weighted by atomic mass is 35.5. The monoisotopic (exact) mass is 478 g/mol. The van der Waals surface area contributed by atoms with Crippen molar-refractivity contribution in [2.45, 2.75) is 13.3 Å². The second kappa shape index (κ2) is 10.2. The molecular weight excluding hydrogens is 452 g/mol. The van der Waals surface area contributed by atoms with E-state index in [1.165, 1.54) is 4.57 Å². The van der Waals surface area contributed by atoms with E-state index in [9.17, 15) is 4.79 Å². The van der Waals surface area contributed by atoms with Crippen LogP contribution in [0.5, 0.6) is 5.75 Å². The molecule has 176 valence electrons. The number of oxazole rings is 1. The molecule has 0 bridgehead atoms. The highest BCUT2D eigenvalue weighted by Gasteiger charge is 2.13. The molecule has 0 fully saturated rings. The number of likely N-dealkylation sites (N-methyl/N-ethyl adjacent to an activating group) is 1. The minimum absolute atomic E-state index is 0.210. The molecule has 0 aliphatic heterocycles. The van der Waals surface area contributed by atoms with E-state index in [4.69, 9.17) is 20.8 Å². The van der Waals surface area contributed by atoms with E-state index in [-0.39, 0.29) is 5.56 Å². The van der Waals surface area contributed by atoms with Crippen LogP contribution in [0, 0.1) is 6.92 Å². The van der Waals surface area contributed by atoms with Crippen LogP contribution in [-0.2, 0) is 13.5 Å². The van der Waals surface area contributed by atoms with Crippen molar-refractivity contribution in [2.75, 3.05) is 27.2 Å². The third-order valence-corrected chi connectivity index (χ3v) is 5.97. The van der Waals surface area contributed by atoms with Crippen LogP contribution in [-0.4, -0.2) is 46.7 Å². The van der Waals surface area contributed by atoms with E-state index in [2.05, 4.69) is 21.8 Å². The second-order valence-corrected chi connectivity index (χ2v) is 8.79. The summed E-state index contributed by atoms with van der Waals surface area (Å²) in [7, 11) is 5.67. The Morgan fingerprint density at radius 3 is 2.74 bits per heavy atom. The molecule has 1 aromatic carbocycles. The molecule has 0 spiro atoms. The van der Waals surface area contributed by atoms with Gasteiger partial charge in [0.2, 0.25) is 0 Å². The molecule has 0 atom stereocenters. The minimum atomic E-state index is -0.210. The van der Waals surface area contributed by atoms with Crippen molar-refractivity contribution < 1.29 is 9.15 Å². The van der Waals surface area contributed by atoms with Gasteiger partial charge in [-0.15, -0.1) is 0 Å². The molecule has 0 unspecified atom stereocenters. The standard InChI is InChI=1S/C26H27ClN4O3/c1-17-5-6-20(33-12-11-30(2)3)13-19(17)15-25-29-16-23(34-25)18-9-10-28-22(14-18)21-7-8-24(27)31(4)26(21)32/h5-10,13-14,16H,11-12,15H2,1-4H3. The average molecular weight is 479 g/mol. The Labute approximate surface area is 203 Å². The number of hydrogen-bond donors (Lipinski definition) is 0. The van der Waals surface area contributed by atoms with Gasteiger partial charge in [-0.2, -0.15) is 0 Å². The van der Waals surface area contributed by atoms with E-state index < -0.39 is 0 Å². The lowest BCUT2D eigenvalue weighted by molar-refractivity contribution is 0.261. The first-order valence-electron chi connectivity index (χ1n) is 11.0. The van der Waals surface area contributed by atoms with Crippen molar-refractivity contribution in [1.29, 1.82) is 0 Å². The predicted molar refractivity (Wildman–Crippen MR) is 133 cm³/mol. The fourth-order valence-electron chi connectivity index (χ4n) is 3.50. The second-order valence-electron chi connectivity index (χ2n) is 8.40. The van der Waals surface area contributed by atoms with Gasteiger partial charge in [0.15, 0.2) is 11.7 Å². The minimum Gasteiger partial charge on any atom is -0.492 e. The van der Waals surface area contributed by atoms with E-state index in [0.717, 1.165) is 29.0 Å². The first-order chi connectivity index (χ1) is 16.3. The summed E-state index contributed by atoms with van der Waals surface area (Å²) in [5.74, 6) is 2.04. The van der Waals surface area contributed by atoms with Gasteiger partial charge in [0, 0.05) is 31.8 Å². The Bertz CT molecular complexity index is 1360. The number of hydrogen-bond acceptors (Lipinski definition) is 6. The quantitative estimate of drug-likeness (QED) is 0.345. The molecule has 0 saturated heterocycles. The summed E-state index contributed by atoms with van der Waals surface area (Å²) >= 11 is 6.04. The molecule has 0 N–H and O–H groups in total. The summed E-state index contributed by atoms with van der Waals surface area (Å²) in [5, 5.41) is 0.368. The van der Waals surface area contributed by atoms with Gasteiger partial charge in [0.05, 0.1) is 17.5 Å². The van der Waals surface area contributed by atoms with Crippen LogP contribution < -0.4 is 10.3 Å². The number of benzene rings is 1. The Hall–Kier alpha value is -3.42. The van der Waals surface area contributed by atoms with Gasteiger partial charge < -0.3 is 18.6 Å². The number of rotatable bonds is 8. The van der Waals surface area contributed by atoms with Gasteiger partial charge in [-0.1, -0.05) is 17.7 Å². The molecule has 3 heterocycles. The summed E-state index contributed by atoms with van der Waals surface area (Å²) in [6.07, 6.45) is 3.90. The van der Waals surface area contributed by atoms with Crippen LogP contribution in [0.3, 0.4) is 0 Å². The number of nitrogens with zero attached hydrogens (tertiary/aromatic N) is 4. The van der Waals surface area contributed by atoms with Crippen LogP contribution in [0.4, 0.5) is 0 Å². The highest BCUT2D eigenvalue weighted by molar-refractivity contribution is 6.29. The third kappa shape index (κ3) is 5.38. The van der Waals surface area contributed by atoms with Crippen molar-refractivity contribution in [2.24, 2.45) is 7.05 Å². The number of aromatic nitrogens is 3. The summed E-state index contributed by atoms with van der Waals surface area (Å²) in [6, 6.07) is 13.1. The molecule has 3 aromatic heterocycles. The van der Waals surface area contributed by atoms with Crippen molar-refractivity contribution in [1.82, 2.24) is 19.4 Å². The van der Waals surface area contributed by atoms with Gasteiger partial charge >= 0.3 is 0 Å². The zero-order valence-corrected chi connectivity index (χ0v) is 20.5. The Morgan fingerprint density at radius 2 is 1.94 bits per heavy atom. The van der Waals surface area contributed by atoms with E-state index >= 15 is 0 Å². The highest BCUT2D eigenvalue weighted by Crippen LogP contribution is 2.26. The van der Waals surface area contributed by atoms with Crippen molar-refractivity contribution >= 4 is 11.6 Å². The van der Waals surface area contributed by atoms with Gasteiger partial charge in [0.25, 0.3) is 5.56 Å². The number of aryl methyl sites for hydroxylation is 1. The molecule has 0 saturated carbocycles. The van der Waals surface area contributed by atoms with Crippen molar-refractivity contribution in [3.63, 3.8) is 0 Å². The first-order valence-corrected chi connectivity index (χ1v) is 11.3. The predicted octanol–water partition coefficient (Wildman–Crippen LogP) is 4.60. The molecule has 7 nitrogen and oxygen atoms in total. The van der Waals surface area contributed by atoms with Gasteiger partial charge in [-0.3, -0.25) is 9.78 Å². The molecule has 0 radical (unpaired) electrons. The fourth-order valence-corrected chi connectivity index (χ4v) is 3.64. The smallest absolute Gasteiger partial charge is 0.260 e.